The Morgan fingerprint density at radius 1 is 1.20 bits per heavy atom. The number of fused-ring (bicyclic) bond motifs is 1. The molecule has 0 aliphatic carbocycles. The van der Waals surface area contributed by atoms with E-state index in [1.807, 2.05) is 39.8 Å². The quantitative estimate of drug-likeness (QED) is 0.520. The summed E-state index contributed by atoms with van der Waals surface area (Å²) in [6, 6.07) is 4.03. The van der Waals surface area contributed by atoms with Crippen LogP contribution >= 0.6 is 11.3 Å². The van der Waals surface area contributed by atoms with E-state index in [4.69, 9.17) is 0 Å². The lowest BCUT2D eigenvalue weighted by Crippen LogP contribution is -2.43. The van der Waals surface area contributed by atoms with Crippen LogP contribution in [0.2, 0.25) is 0 Å². The van der Waals surface area contributed by atoms with Gasteiger partial charge in [0.15, 0.2) is 10.8 Å². The molecule has 3 heterocycles. The molecular formula is C25H32N6O3S. The smallest absolute Gasteiger partial charge is 0.273 e. The number of carbonyl (C=O) groups excluding carboxylic acids is 2. The van der Waals surface area contributed by atoms with Gasteiger partial charge in [-0.2, -0.15) is 4.98 Å². The maximum Gasteiger partial charge on any atom is 0.273 e. The molecule has 0 unspecified atom stereocenters. The van der Waals surface area contributed by atoms with Crippen LogP contribution in [0.5, 0.6) is 0 Å². The number of hydrogen-bond donors (Lipinski definition) is 2. The fourth-order valence-corrected chi connectivity index (χ4v) is 5.56. The summed E-state index contributed by atoms with van der Waals surface area (Å²) in [5.41, 5.74) is 3.94. The lowest BCUT2D eigenvalue weighted by molar-refractivity contribution is -0.125. The molecule has 0 bridgehead atoms. The normalized spacial score (nSPS) is 15.9. The molecular weight excluding hydrogens is 464 g/mol. The minimum absolute atomic E-state index is 0.0724. The van der Waals surface area contributed by atoms with Crippen LogP contribution in [-0.2, 0) is 16.1 Å². The highest BCUT2D eigenvalue weighted by molar-refractivity contribution is 7.22. The first-order valence-electron chi connectivity index (χ1n) is 12.0. The summed E-state index contributed by atoms with van der Waals surface area (Å²) in [6.07, 6.45) is 4.01. The van der Waals surface area contributed by atoms with Crippen LogP contribution in [0.1, 0.15) is 42.9 Å². The molecule has 0 saturated carbocycles. The molecule has 1 atom stereocenters. The van der Waals surface area contributed by atoms with E-state index in [2.05, 4.69) is 25.5 Å². The van der Waals surface area contributed by atoms with Gasteiger partial charge in [0, 0.05) is 25.3 Å². The van der Waals surface area contributed by atoms with Gasteiger partial charge in [0.2, 0.25) is 11.8 Å². The molecule has 1 fully saturated rings. The minimum atomic E-state index is -0.291. The molecule has 1 aromatic carbocycles. The van der Waals surface area contributed by atoms with E-state index in [1.54, 1.807) is 0 Å². The molecule has 10 heteroatoms. The summed E-state index contributed by atoms with van der Waals surface area (Å²) in [5.74, 6) is -0.308. The summed E-state index contributed by atoms with van der Waals surface area (Å²) in [5, 5.41) is 6.59. The monoisotopic (exact) mass is 496 g/mol. The summed E-state index contributed by atoms with van der Waals surface area (Å²) >= 11 is 1.27. The molecule has 186 valence electrons. The lowest BCUT2D eigenvalue weighted by Gasteiger charge is -2.31. The maximum atomic E-state index is 13.1. The number of thiazole rings is 1. The second-order valence-corrected chi connectivity index (χ2v) is 10.2. The fraction of sp³-hybridized carbons (Fsp3) is 0.480. The van der Waals surface area contributed by atoms with E-state index < -0.39 is 0 Å². The van der Waals surface area contributed by atoms with Crippen molar-refractivity contribution in [3.05, 3.63) is 45.5 Å². The summed E-state index contributed by atoms with van der Waals surface area (Å²) < 4.78 is 1.73. The van der Waals surface area contributed by atoms with E-state index in [9.17, 15) is 14.4 Å². The molecule has 3 aromatic rings. The number of nitrogens with zero attached hydrogens (tertiary/aromatic N) is 4. The molecule has 0 radical (unpaired) electrons. The van der Waals surface area contributed by atoms with Crippen LogP contribution in [0, 0.1) is 26.7 Å². The fourth-order valence-electron chi connectivity index (χ4n) is 4.55. The van der Waals surface area contributed by atoms with Crippen molar-refractivity contribution >= 4 is 44.3 Å². The van der Waals surface area contributed by atoms with Crippen LogP contribution < -0.4 is 21.1 Å². The Bertz CT molecular complexity index is 1290. The Kier molecular flexibility index (Phi) is 7.49. The van der Waals surface area contributed by atoms with Crippen LogP contribution in [0.3, 0.4) is 0 Å². The third-order valence-corrected chi connectivity index (χ3v) is 7.33. The van der Waals surface area contributed by atoms with Crippen molar-refractivity contribution in [3.8, 4) is 0 Å². The predicted molar refractivity (Wildman–Crippen MR) is 139 cm³/mol. The highest BCUT2D eigenvalue weighted by Crippen LogP contribution is 2.29. The van der Waals surface area contributed by atoms with Gasteiger partial charge in [0.25, 0.3) is 5.56 Å². The predicted octanol–water partition coefficient (Wildman–Crippen LogP) is 3.16. The van der Waals surface area contributed by atoms with Crippen molar-refractivity contribution in [2.24, 2.45) is 5.92 Å². The van der Waals surface area contributed by atoms with Crippen molar-refractivity contribution in [2.75, 3.05) is 29.9 Å². The summed E-state index contributed by atoms with van der Waals surface area (Å²) in [7, 11) is 0. The molecule has 2 aromatic heterocycles. The number of amides is 2. The van der Waals surface area contributed by atoms with Gasteiger partial charge >= 0.3 is 0 Å². The van der Waals surface area contributed by atoms with Gasteiger partial charge in [-0.15, -0.1) is 0 Å². The molecule has 1 aliphatic heterocycles. The van der Waals surface area contributed by atoms with Crippen LogP contribution in [-0.4, -0.2) is 46.0 Å². The number of anilines is 2. The van der Waals surface area contributed by atoms with Gasteiger partial charge in [0.05, 0.1) is 5.92 Å². The number of hydrogen-bond acceptors (Lipinski definition) is 7. The molecule has 35 heavy (non-hydrogen) atoms. The molecule has 9 nitrogen and oxygen atoms in total. The van der Waals surface area contributed by atoms with Crippen molar-refractivity contribution in [2.45, 2.75) is 53.5 Å². The molecule has 1 saturated heterocycles. The zero-order valence-electron chi connectivity index (χ0n) is 20.7. The molecule has 4 rings (SSSR count). The molecule has 2 amide bonds. The largest absolute Gasteiger partial charge is 0.356 e. The standard InChI is InChI=1S/C25H32N6O3S/c1-5-8-26-23(33)18-7-6-9-30(12-18)25-29-22-21(35-25)24(34)31(14-27-22)13-19(32)28-20-16(3)10-15(2)11-17(20)4/h10-11,14,18H,5-9,12-13H2,1-4H3,(H,26,33)(H,28,32)/t18-/m1/s1. The summed E-state index contributed by atoms with van der Waals surface area (Å²) in [6.45, 7) is 9.84. The number of aryl methyl sites for hydroxylation is 3. The zero-order chi connectivity index (χ0) is 25.1. The second kappa shape index (κ2) is 10.6. The number of nitrogens with one attached hydrogen (secondary N) is 2. The van der Waals surface area contributed by atoms with Crippen LogP contribution in [0.15, 0.2) is 23.3 Å². The third-order valence-electron chi connectivity index (χ3n) is 6.24. The Morgan fingerprint density at radius 2 is 1.94 bits per heavy atom. The first-order chi connectivity index (χ1) is 16.8. The maximum absolute atomic E-state index is 13.1. The Morgan fingerprint density at radius 3 is 2.66 bits per heavy atom. The average molecular weight is 497 g/mol. The van der Waals surface area contributed by atoms with Gasteiger partial charge < -0.3 is 15.5 Å². The van der Waals surface area contributed by atoms with E-state index in [1.165, 1.54) is 22.2 Å². The SMILES string of the molecule is CCCNC(=O)[C@@H]1CCCN(c2nc3ncn(CC(=O)Nc4c(C)cc(C)cc4C)c(=O)c3s2)C1. The van der Waals surface area contributed by atoms with Crippen molar-refractivity contribution < 1.29 is 9.59 Å². The summed E-state index contributed by atoms with van der Waals surface area (Å²) in [4.78, 5) is 49.2. The van der Waals surface area contributed by atoms with Crippen molar-refractivity contribution in [1.29, 1.82) is 0 Å². The molecule has 1 aliphatic rings. The number of aromatic nitrogens is 3. The van der Waals surface area contributed by atoms with Crippen molar-refractivity contribution in [1.82, 2.24) is 19.9 Å². The van der Waals surface area contributed by atoms with Gasteiger partial charge in [-0.1, -0.05) is 36.0 Å². The van der Waals surface area contributed by atoms with Crippen LogP contribution in [0.25, 0.3) is 10.3 Å². The number of benzene rings is 1. The average Bonchev–Trinajstić information content (AvgIpc) is 3.27. The van der Waals surface area contributed by atoms with E-state index in [-0.39, 0.29) is 29.8 Å². The third kappa shape index (κ3) is 5.53. The van der Waals surface area contributed by atoms with Gasteiger partial charge in [-0.3, -0.25) is 19.0 Å². The van der Waals surface area contributed by atoms with E-state index in [0.29, 0.717) is 28.6 Å². The molecule has 0 spiro atoms. The first kappa shape index (κ1) is 24.8. The zero-order valence-corrected chi connectivity index (χ0v) is 21.5. The molecule has 2 N–H and O–H groups in total. The van der Waals surface area contributed by atoms with Crippen LogP contribution in [0.4, 0.5) is 10.8 Å². The van der Waals surface area contributed by atoms with E-state index >= 15 is 0 Å². The number of rotatable bonds is 7. The Hall–Kier alpha value is -3.27. The first-order valence-corrected chi connectivity index (χ1v) is 12.8. The lowest BCUT2D eigenvalue weighted by atomic mass is 9.97. The number of piperidine rings is 1. The highest BCUT2D eigenvalue weighted by Gasteiger charge is 2.28. The minimum Gasteiger partial charge on any atom is -0.356 e. The Labute approximate surface area is 208 Å². The second-order valence-electron chi connectivity index (χ2n) is 9.22. The van der Waals surface area contributed by atoms with Gasteiger partial charge in [0.1, 0.15) is 17.6 Å². The van der Waals surface area contributed by atoms with Crippen molar-refractivity contribution in [3.63, 3.8) is 0 Å². The van der Waals surface area contributed by atoms with Gasteiger partial charge in [-0.05, 0) is 51.2 Å². The van der Waals surface area contributed by atoms with Gasteiger partial charge in [-0.25, -0.2) is 4.98 Å². The number of carbonyl (C=O) groups is 2. The van der Waals surface area contributed by atoms with E-state index in [0.717, 1.165) is 48.2 Å². The highest BCUT2D eigenvalue weighted by atomic mass is 32.1. The Balaban J connectivity index is 1.50. The topological polar surface area (TPSA) is 109 Å².